The molecule has 116 valence electrons. The third-order valence-corrected chi connectivity index (χ3v) is 3.74. The number of ether oxygens (including phenoxy) is 2. The van der Waals surface area contributed by atoms with E-state index in [4.69, 9.17) is 15.2 Å². The van der Waals surface area contributed by atoms with Crippen LogP contribution >= 0.6 is 0 Å². The van der Waals surface area contributed by atoms with E-state index in [0.717, 1.165) is 32.1 Å². The lowest BCUT2D eigenvalue weighted by molar-refractivity contribution is -0.120. The van der Waals surface area contributed by atoms with Crippen LogP contribution in [0.3, 0.4) is 0 Å². The summed E-state index contributed by atoms with van der Waals surface area (Å²) in [5, 5.41) is 2.72. The molecule has 0 aromatic carbocycles. The lowest BCUT2D eigenvalue weighted by Gasteiger charge is -2.20. The minimum atomic E-state index is -0.201. The molecule has 1 heterocycles. The summed E-state index contributed by atoms with van der Waals surface area (Å²) in [6.45, 7) is 0. The van der Waals surface area contributed by atoms with E-state index in [1.54, 1.807) is 6.07 Å². The normalized spacial score (nSPS) is 22.2. The van der Waals surface area contributed by atoms with Crippen LogP contribution in [-0.4, -0.2) is 36.1 Å². The minimum absolute atomic E-state index is 0.111. The topological polar surface area (TPSA) is 99.4 Å². The Morgan fingerprint density at radius 2 is 1.81 bits per heavy atom. The first-order chi connectivity index (χ1) is 10.1. The summed E-state index contributed by atoms with van der Waals surface area (Å²) < 4.78 is 10.1. The van der Waals surface area contributed by atoms with Gasteiger partial charge in [0.05, 0.1) is 26.2 Å². The molecule has 1 saturated carbocycles. The van der Waals surface area contributed by atoms with Crippen molar-refractivity contribution in [2.45, 2.75) is 38.1 Å². The fraction of sp³-hybridized carbons (Fsp3) is 0.643. The van der Waals surface area contributed by atoms with Crippen molar-refractivity contribution in [2.75, 3.05) is 19.5 Å². The van der Waals surface area contributed by atoms with Gasteiger partial charge in [0, 0.05) is 6.04 Å². The van der Waals surface area contributed by atoms with Gasteiger partial charge in [0.15, 0.2) is 0 Å². The van der Waals surface area contributed by atoms with Crippen molar-refractivity contribution >= 4 is 11.9 Å². The van der Waals surface area contributed by atoms with Gasteiger partial charge in [0.25, 0.3) is 0 Å². The van der Waals surface area contributed by atoms with Crippen LogP contribution in [0.25, 0.3) is 0 Å². The molecular weight excluding hydrogens is 272 g/mol. The van der Waals surface area contributed by atoms with Crippen LogP contribution in [0.1, 0.15) is 32.1 Å². The number of amides is 1. The first kappa shape index (κ1) is 15.5. The molecule has 3 N–H and O–H groups in total. The molecule has 1 aromatic rings. The van der Waals surface area contributed by atoms with Gasteiger partial charge in [0.1, 0.15) is 0 Å². The largest absolute Gasteiger partial charge is 0.481 e. The van der Waals surface area contributed by atoms with Gasteiger partial charge in [-0.3, -0.25) is 10.1 Å². The SMILES string of the molecule is COc1cc(OC)nc(NC(=O)C2CCCCCC2N)n1. The van der Waals surface area contributed by atoms with Crippen LogP contribution in [0.2, 0.25) is 0 Å². The predicted octanol–water partition coefficient (Wildman–Crippen LogP) is 1.34. The first-order valence-electron chi connectivity index (χ1n) is 7.17. The molecule has 0 bridgehead atoms. The second-order valence-corrected chi connectivity index (χ2v) is 5.17. The molecule has 0 aliphatic heterocycles. The van der Waals surface area contributed by atoms with Crippen molar-refractivity contribution in [1.29, 1.82) is 0 Å². The molecule has 7 heteroatoms. The van der Waals surface area contributed by atoms with Crippen LogP contribution < -0.4 is 20.5 Å². The van der Waals surface area contributed by atoms with E-state index >= 15 is 0 Å². The highest BCUT2D eigenvalue weighted by Crippen LogP contribution is 2.24. The summed E-state index contributed by atoms with van der Waals surface area (Å²) in [6.07, 6.45) is 4.90. The van der Waals surface area contributed by atoms with Crippen LogP contribution in [0.15, 0.2) is 6.07 Å². The molecule has 1 aliphatic rings. The van der Waals surface area contributed by atoms with E-state index < -0.39 is 0 Å². The third-order valence-electron chi connectivity index (χ3n) is 3.74. The highest BCUT2D eigenvalue weighted by molar-refractivity contribution is 5.91. The van der Waals surface area contributed by atoms with Gasteiger partial charge in [-0.05, 0) is 12.8 Å². The Labute approximate surface area is 124 Å². The van der Waals surface area contributed by atoms with Crippen LogP contribution in [0, 0.1) is 5.92 Å². The number of hydrogen-bond donors (Lipinski definition) is 2. The van der Waals surface area contributed by atoms with Crippen LogP contribution in [0.4, 0.5) is 5.95 Å². The van der Waals surface area contributed by atoms with E-state index in [-0.39, 0.29) is 23.8 Å². The summed E-state index contributed by atoms with van der Waals surface area (Å²) in [5.74, 6) is 0.505. The van der Waals surface area contributed by atoms with Gasteiger partial charge < -0.3 is 15.2 Å². The Bertz CT molecular complexity index is 473. The second-order valence-electron chi connectivity index (χ2n) is 5.17. The maximum absolute atomic E-state index is 12.4. The minimum Gasteiger partial charge on any atom is -0.481 e. The van der Waals surface area contributed by atoms with E-state index in [9.17, 15) is 4.79 Å². The monoisotopic (exact) mass is 294 g/mol. The average molecular weight is 294 g/mol. The summed E-state index contributed by atoms with van der Waals surface area (Å²) >= 11 is 0. The highest BCUT2D eigenvalue weighted by Gasteiger charge is 2.27. The molecule has 1 aromatic heterocycles. The zero-order chi connectivity index (χ0) is 15.2. The van der Waals surface area contributed by atoms with Crippen molar-refractivity contribution in [3.8, 4) is 11.8 Å². The van der Waals surface area contributed by atoms with Crippen molar-refractivity contribution in [3.05, 3.63) is 6.07 Å². The lowest BCUT2D eigenvalue weighted by atomic mass is 9.95. The maximum Gasteiger partial charge on any atom is 0.236 e. The fourth-order valence-corrected chi connectivity index (χ4v) is 2.53. The molecule has 0 radical (unpaired) electrons. The molecule has 0 spiro atoms. The number of nitrogens with zero attached hydrogens (tertiary/aromatic N) is 2. The van der Waals surface area contributed by atoms with E-state index in [1.807, 2.05) is 0 Å². The fourth-order valence-electron chi connectivity index (χ4n) is 2.53. The van der Waals surface area contributed by atoms with Crippen molar-refractivity contribution in [1.82, 2.24) is 9.97 Å². The van der Waals surface area contributed by atoms with Crippen LogP contribution in [0.5, 0.6) is 11.8 Å². The van der Waals surface area contributed by atoms with Gasteiger partial charge in [-0.15, -0.1) is 0 Å². The van der Waals surface area contributed by atoms with Gasteiger partial charge in [0.2, 0.25) is 23.6 Å². The molecule has 2 unspecified atom stereocenters. The Morgan fingerprint density at radius 3 is 2.43 bits per heavy atom. The highest BCUT2D eigenvalue weighted by atomic mass is 16.5. The quantitative estimate of drug-likeness (QED) is 0.813. The van der Waals surface area contributed by atoms with Crippen LogP contribution in [-0.2, 0) is 4.79 Å². The molecule has 1 amide bonds. The number of nitrogens with two attached hydrogens (primary N) is 1. The summed E-state index contributed by atoms with van der Waals surface area (Å²) in [6, 6.07) is 1.44. The zero-order valence-corrected chi connectivity index (χ0v) is 12.5. The first-order valence-corrected chi connectivity index (χ1v) is 7.17. The molecule has 0 saturated heterocycles. The van der Waals surface area contributed by atoms with Gasteiger partial charge in [-0.2, -0.15) is 9.97 Å². The zero-order valence-electron chi connectivity index (χ0n) is 12.5. The smallest absolute Gasteiger partial charge is 0.236 e. The summed E-state index contributed by atoms with van der Waals surface area (Å²) in [4.78, 5) is 20.6. The summed E-state index contributed by atoms with van der Waals surface area (Å²) in [5.41, 5.74) is 6.09. The number of methoxy groups -OCH3 is 2. The standard InChI is InChI=1S/C14H22N4O3/c1-20-11-8-12(21-2)17-14(16-11)18-13(19)9-6-4-3-5-7-10(9)15/h8-10H,3-7,15H2,1-2H3,(H,16,17,18,19). The van der Waals surface area contributed by atoms with Crippen molar-refractivity contribution < 1.29 is 14.3 Å². The Kier molecular flexibility index (Phi) is 5.32. The molecular formula is C14H22N4O3. The molecule has 2 rings (SSSR count). The number of carbonyl (C=O) groups is 1. The Hall–Kier alpha value is -1.89. The van der Waals surface area contributed by atoms with Gasteiger partial charge in [-0.1, -0.05) is 19.3 Å². The molecule has 1 aliphatic carbocycles. The van der Waals surface area contributed by atoms with Crippen molar-refractivity contribution in [2.24, 2.45) is 11.7 Å². The second kappa shape index (κ2) is 7.21. The maximum atomic E-state index is 12.4. The van der Waals surface area contributed by atoms with Gasteiger partial charge in [-0.25, -0.2) is 0 Å². The number of anilines is 1. The molecule has 1 fully saturated rings. The van der Waals surface area contributed by atoms with E-state index in [2.05, 4.69) is 15.3 Å². The predicted molar refractivity (Wildman–Crippen MR) is 78.3 cm³/mol. The van der Waals surface area contributed by atoms with E-state index in [1.165, 1.54) is 14.2 Å². The average Bonchev–Trinajstić information content (AvgIpc) is 2.71. The Balaban J connectivity index is 2.10. The van der Waals surface area contributed by atoms with E-state index in [0.29, 0.717) is 11.8 Å². The molecule has 7 nitrogen and oxygen atoms in total. The number of carbonyl (C=O) groups excluding carboxylic acids is 1. The number of hydrogen-bond acceptors (Lipinski definition) is 6. The molecule has 2 atom stereocenters. The third kappa shape index (κ3) is 4.04. The van der Waals surface area contributed by atoms with Crippen molar-refractivity contribution in [3.63, 3.8) is 0 Å². The summed E-state index contributed by atoms with van der Waals surface area (Å²) in [7, 11) is 2.99. The molecule has 21 heavy (non-hydrogen) atoms. The number of rotatable bonds is 4. The number of nitrogens with one attached hydrogen (secondary N) is 1. The Morgan fingerprint density at radius 1 is 1.19 bits per heavy atom. The lowest BCUT2D eigenvalue weighted by Crippen LogP contribution is -2.38. The van der Waals surface area contributed by atoms with Gasteiger partial charge >= 0.3 is 0 Å². The number of aromatic nitrogens is 2.